The Bertz CT molecular complexity index is 601. The summed E-state index contributed by atoms with van der Waals surface area (Å²) >= 11 is 0. The van der Waals surface area contributed by atoms with Crippen LogP contribution in [0.2, 0.25) is 0 Å². The lowest BCUT2D eigenvalue weighted by Gasteiger charge is -2.16. The van der Waals surface area contributed by atoms with Gasteiger partial charge >= 0.3 is 0 Å². The second-order valence-corrected chi connectivity index (χ2v) is 4.53. The lowest BCUT2D eigenvalue weighted by Crippen LogP contribution is -2.30. The van der Waals surface area contributed by atoms with Gasteiger partial charge in [-0.05, 0) is 30.3 Å². The van der Waals surface area contributed by atoms with Crippen LogP contribution < -0.4 is 10.5 Å². The first-order chi connectivity index (χ1) is 10.1. The molecule has 0 aliphatic heterocycles. The number of halogens is 2. The standard InChI is InChI=1S/C15H17FN2O3.ClH/c1-18(15(19)11-8-14(9-17)21-10-11)6-7-20-13-4-2-12(16)3-5-13;/h2-5,8,10H,6-7,9,17H2,1H3;1H. The lowest BCUT2D eigenvalue weighted by atomic mass is 10.2. The number of amides is 1. The third-order valence-electron chi connectivity index (χ3n) is 2.96. The summed E-state index contributed by atoms with van der Waals surface area (Å²) in [5, 5.41) is 0. The summed E-state index contributed by atoms with van der Waals surface area (Å²) in [4.78, 5) is 13.6. The van der Waals surface area contributed by atoms with Crippen molar-refractivity contribution in [3.05, 3.63) is 53.7 Å². The van der Waals surface area contributed by atoms with Gasteiger partial charge < -0.3 is 19.8 Å². The van der Waals surface area contributed by atoms with Gasteiger partial charge in [-0.1, -0.05) is 0 Å². The molecule has 2 N–H and O–H groups in total. The van der Waals surface area contributed by atoms with Crippen LogP contribution in [0.1, 0.15) is 16.1 Å². The summed E-state index contributed by atoms with van der Waals surface area (Å²) in [6, 6.07) is 7.36. The molecule has 2 aromatic rings. The smallest absolute Gasteiger partial charge is 0.256 e. The van der Waals surface area contributed by atoms with Crippen LogP contribution in [0, 0.1) is 5.82 Å². The molecule has 0 bridgehead atoms. The zero-order valence-corrected chi connectivity index (χ0v) is 12.9. The van der Waals surface area contributed by atoms with Crippen molar-refractivity contribution in [3.63, 3.8) is 0 Å². The molecule has 0 saturated carbocycles. The molecule has 1 aromatic carbocycles. The van der Waals surface area contributed by atoms with Crippen LogP contribution in [0.15, 0.2) is 41.0 Å². The van der Waals surface area contributed by atoms with Crippen LogP contribution in [0.25, 0.3) is 0 Å². The van der Waals surface area contributed by atoms with Gasteiger partial charge in [0.15, 0.2) is 0 Å². The minimum Gasteiger partial charge on any atom is -0.492 e. The molecule has 0 aliphatic rings. The van der Waals surface area contributed by atoms with Crippen LogP contribution in [-0.4, -0.2) is 31.0 Å². The maximum atomic E-state index is 12.7. The number of nitrogens with zero attached hydrogens (tertiary/aromatic N) is 1. The molecular formula is C15H18ClFN2O3. The van der Waals surface area contributed by atoms with E-state index in [1.807, 2.05) is 0 Å². The number of nitrogens with two attached hydrogens (primary N) is 1. The van der Waals surface area contributed by atoms with Crippen molar-refractivity contribution in [2.45, 2.75) is 6.54 Å². The van der Waals surface area contributed by atoms with E-state index in [1.165, 1.54) is 23.3 Å². The van der Waals surface area contributed by atoms with Crippen LogP contribution in [0.3, 0.4) is 0 Å². The molecule has 1 amide bonds. The Morgan fingerprint density at radius 1 is 1.36 bits per heavy atom. The highest BCUT2D eigenvalue weighted by atomic mass is 35.5. The first kappa shape index (κ1) is 18.0. The third kappa shape index (κ3) is 4.75. The highest BCUT2D eigenvalue weighted by molar-refractivity contribution is 5.93. The van der Waals surface area contributed by atoms with Gasteiger partial charge in [-0.25, -0.2) is 4.39 Å². The number of rotatable bonds is 6. The Morgan fingerprint density at radius 3 is 2.64 bits per heavy atom. The largest absolute Gasteiger partial charge is 0.492 e. The van der Waals surface area contributed by atoms with Gasteiger partial charge in [0.1, 0.15) is 30.2 Å². The van der Waals surface area contributed by atoms with Gasteiger partial charge in [-0.15, -0.1) is 12.4 Å². The number of hydrogen-bond acceptors (Lipinski definition) is 4. The number of carbonyl (C=O) groups excluding carboxylic acids is 1. The first-order valence-corrected chi connectivity index (χ1v) is 6.51. The number of carbonyl (C=O) groups is 1. The van der Waals surface area contributed by atoms with Crippen molar-refractivity contribution in [2.75, 3.05) is 20.2 Å². The molecule has 0 radical (unpaired) electrons. The molecule has 0 unspecified atom stereocenters. The van der Waals surface area contributed by atoms with Crippen LogP contribution in [0.4, 0.5) is 4.39 Å². The Labute approximate surface area is 134 Å². The van der Waals surface area contributed by atoms with E-state index in [0.717, 1.165) is 0 Å². The summed E-state index contributed by atoms with van der Waals surface area (Å²) < 4.78 is 23.3. The van der Waals surface area contributed by atoms with Gasteiger partial charge in [-0.2, -0.15) is 0 Å². The summed E-state index contributed by atoms with van der Waals surface area (Å²) in [5.41, 5.74) is 5.89. The molecule has 0 spiro atoms. The summed E-state index contributed by atoms with van der Waals surface area (Å²) in [7, 11) is 1.67. The van der Waals surface area contributed by atoms with Crippen molar-refractivity contribution < 1.29 is 18.3 Å². The maximum absolute atomic E-state index is 12.7. The van der Waals surface area contributed by atoms with E-state index in [-0.39, 0.29) is 30.7 Å². The fraction of sp³-hybridized carbons (Fsp3) is 0.267. The zero-order valence-electron chi connectivity index (χ0n) is 12.1. The minimum absolute atomic E-state index is 0. The van der Waals surface area contributed by atoms with Gasteiger partial charge in [0.25, 0.3) is 5.91 Å². The maximum Gasteiger partial charge on any atom is 0.256 e. The molecule has 7 heteroatoms. The van der Waals surface area contributed by atoms with E-state index in [2.05, 4.69) is 0 Å². The fourth-order valence-electron chi connectivity index (χ4n) is 1.75. The van der Waals surface area contributed by atoms with Crippen molar-refractivity contribution in [1.29, 1.82) is 0 Å². The van der Waals surface area contributed by atoms with Crippen molar-refractivity contribution in [1.82, 2.24) is 4.90 Å². The van der Waals surface area contributed by atoms with E-state index in [4.69, 9.17) is 14.9 Å². The molecule has 0 saturated heterocycles. The zero-order chi connectivity index (χ0) is 15.2. The van der Waals surface area contributed by atoms with Crippen LogP contribution >= 0.6 is 12.4 Å². The topological polar surface area (TPSA) is 68.7 Å². The van der Waals surface area contributed by atoms with E-state index in [9.17, 15) is 9.18 Å². The molecule has 0 aliphatic carbocycles. The molecule has 2 rings (SSSR count). The molecule has 5 nitrogen and oxygen atoms in total. The van der Waals surface area contributed by atoms with Crippen LogP contribution in [-0.2, 0) is 6.54 Å². The average molecular weight is 329 g/mol. The Kier molecular flexibility index (Phi) is 6.88. The minimum atomic E-state index is -0.315. The van der Waals surface area contributed by atoms with Crippen molar-refractivity contribution in [2.24, 2.45) is 5.73 Å². The summed E-state index contributed by atoms with van der Waals surface area (Å²) in [6.07, 6.45) is 1.39. The molecule has 22 heavy (non-hydrogen) atoms. The van der Waals surface area contributed by atoms with E-state index in [1.54, 1.807) is 25.2 Å². The average Bonchev–Trinajstić information content (AvgIpc) is 2.97. The van der Waals surface area contributed by atoms with E-state index in [0.29, 0.717) is 30.2 Å². The third-order valence-corrected chi connectivity index (χ3v) is 2.96. The van der Waals surface area contributed by atoms with Crippen molar-refractivity contribution >= 4 is 18.3 Å². The van der Waals surface area contributed by atoms with E-state index < -0.39 is 0 Å². The Morgan fingerprint density at radius 2 is 2.05 bits per heavy atom. The molecule has 0 fully saturated rings. The van der Waals surface area contributed by atoms with Gasteiger partial charge in [0.2, 0.25) is 0 Å². The second-order valence-electron chi connectivity index (χ2n) is 4.53. The predicted octanol–water partition coefficient (Wildman–Crippen LogP) is 2.45. The Balaban J connectivity index is 0.00000242. The number of furan rings is 1. The van der Waals surface area contributed by atoms with E-state index >= 15 is 0 Å². The highest BCUT2D eigenvalue weighted by Crippen LogP contribution is 2.12. The number of likely N-dealkylation sites (N-methyl/N-ethyl adjacent to an activating group) is 1. The van der Waals surface area contributed by atoms with Crippen molar-refractivity contribution in [3.8, 4) is 5.75 Å². The predicted molar refractivity (Wildman–Crippen MR) is 82.7 cm³/mol. The summed E-state index contributed by atoms with van der Waals surface area (Å²) in [6.45, 7) is 0.972. The fourth-order valence-corrected chi connectivity index (χ4v) is 1.75. The normalized spacial score (nSPS) is 9.95. The monoisotopic (exact) mass is 328 g/mol. The molecule has 0 atom stereocenters. The highest BCUT2D eigenvalue weighted by Gasteiger charge is 2.14. The molecule has 1 heterocycles. The number of benzene rings is 1. The summed E-state index contributed by atoms with van der Waals surface area (Å²) in [5.74, 6) is 0.645. The van der Waals surface area contributed by atoms with Gasteiger partial charge in [0, 0.05) is 7.05 Å². The molecular weight excluding hydrogens is 311 g/mol. The van der Waals surface area contributed by atoms with Gasteiger partial charge in [0.05, 0.1) is 18.7 Å². The number of hydrogen-bond donors (Lipinski definition) is 1. The van der Waals surface area contributed by atoms with Gasteiger partial charge in [-0.3, -0.25) is 4.79 Å². The SMILES string of the molecule is CN(CCOc1ccc(F)cc1)C(=O)c1coc(CN)c1.Cl. The molecule has 120 valence electrons. The lowest BCUT2D eigenvalue weighted by molar-refractivity contribution is 0.0773. The second kappa shape index (κ2) is 8.41. The molecule has 1 aromatic heterocycles. The van der Waals surface area contributed by atoms with Crippen LogP contribution in [0.5, 0.6) is 5.75 Å². The quantitative estimate of drug-likeness (QED) is 0.884. The number of ether oxygens (including phenoxy) is 1. The first-order valence-electron chi connectivity index (χ1n) is 6.51. The Hall–Kier alpha value is -2.05.